The van der Waals surface area contributed by atoms with Gasteiger partial charge < -0.3 is 16.8 Å². The SMILES string of the molecule is CNc1cc(F)c(N)cc1N. The third-order valence-corrected chi connectivity index (χ3v) is 1.44. The zero-order chi connectivity index (χ0) is 8.43. The largest absolute Gasteiger partial charge is 0.397 e. The Morgan fingerprint density at radius 1 is 1.27 bits per heavy atom. The highest BCUT2D eigenvalue weighted by molar-refractivity contribution is 5.70. The van der Waals surface area contributed by atoms with Crippen molar-refractivity contribution in [3.05, 3.63) is 17.9 Å². The van der Waals surface area contributed by atoms with Gasteiger partial charge in [0, 0.05) is 13.1 Å². The average Bonchev–Trinajstić information content (AvgIpc) is 1.97. The lowest BCUT2D eigenvalue weighted by Gasteiger charge is -2.05. The molecule has 1 rings (SSSR count). The van der Waals surface area contributed by atoms with Gasteiger partial charge in [0.2, 0.25) is 0 Å². The van der Waals surface area contributed by atoms with Crippen molar-refractivity contribution in [2.75, 3.05) is 23.8 Å². The Morgan fingerprint density at radius 3 is 2.45 bits per heavy atom. The van der Waals surface area contributed by atoms with Crippen LogP contribution in [0.3, 0.4) is 0 Å². The molecule has 11 heavy (non-hydrogen) atoms. The third-order valence-electron chi connectivity index (χ3n) is 1.44. The van der Waals surface area contributed by atoms with Crippen LogP contribution < -0.4 is 16.8 Å². The van der Waals surface area contributed by atoms with Crippen LogP contribution in [0.2, 0.25) is 0 Å². The summed E-state index contributed by atoms with van der Waals surface area (Å²) in [6.45, 7) is 0. The van der Waals surface area contributed by atoms with Crippen LogP contribution in [0.1, 0.15) is 0 Å². The van der Waals surface area contributed by atoms with E-state index in [0.29, 0.717) is 11.4 Å². The number of nitrogens with two attached hydrogens (primary N) is 2. The molecule has 0 aliphatic carbocycles. The second-order valence-corrected chi connectivity index (χ2v) is 2.21. The maximum absolute atomic E-state index is 12.7. The van der Waals surface area contributed by atoms with Crippen LogP contribution in [0, 0.1) is 5.82 Å². The van der Waals surface area contributed by atoms with Crippen molar-refractivity contribution in [2.24, 2.45) is 0 Å². The molecule has 0 bridgehead atoms. The third kappa shape index (κ3) is 1.34. The lowest BCUT2D eigenvalue weighted by atomic mass is 10.2. The normalized spacial score (nSPS) is 9.64. The van der Waals surface area contributed by atoms with Gasteiger partial charge in [0.1, 0.15) is 5.82 Å². The standard InChI is InChI=1S/C7H10FN3/c1-11-7-2-4(8)5(9)3-6(7)10/h2-3,11H,9-10H2,1H3. The van der Waals surface area contributed by atoms with Gasteiger partial charge in [-0.05, 0) is 6.07 Å². The van der Waals surface area contributed by atoms with E-state index in [1.807, 2.05) is 0 Å². The van der Waals surface area contributed by atoms with E-state index in [2.05, 4.69) is 5.32 Å². The highest BCUT2D eigenvalue weighted by Gasteiger charge is 2.02. The molecule has 0 radical (unpaired) electrons. The van der Waals surface area contributed by atoms with Crippen LogP contribution in [-0.4, -0.2) is 7.05 Å². The van der Waals surface area contributed by atoms with Gasteiger partial charge in [-0.2, -0.15) is 0 Å². The number of hydrogen-bond acceptors (Lipinski definition) is 3. The van der Waals surface area contributed by atoms with Crippen LogP contribution in [0.15, 0.2) is 12.1 Å². The number of halogens is 1. The number of benzene rings is 1. The van der Waals surface area contributed by atoms with Crippen LogP contribution in [0.25, 0.3) is 0 Å². The number of nitrogen functional groups attached to an aromatic ring is 2. The summed E-state index contributed by atoms with van der Waals surface area (Å²) in [6, 6.07) is 2.66. The molecule has 0 amide bonds. The molecule has 5 N–H and O–H groups in total. The summed E-state index contributed by atoms with van der Waals surface area (Å²) in [7, 11) is 1.67. The fourth-order valence-electron chi connectivity index (χ4n) is 0.824. The Labute approximate surface area is 64.2 Å². The molecule has 0 fully saturated rings. The van der Waals surface area contributed by atoms with E-state index in [0.717, 1.165) is 0 Å². The molecule has 4 heteroatoms. The van der Waals surface area contributed by atoms with E-state index >= 15 is 0 Å². The number of nitrogens with one attached hydrogen (secondary N) is 1. The van der Waals surface area contributed by atoms with E-state index in [4.69, 9.17) is 11.5 Å². The van der Waals surface area contributed by atoms with E-state index in [9.17, 15) is 4.39 Å². The maximum atomic E-state index is 12.7. The predicted octanol–water partition coefficient (Wildman–Crippen LogP) is 1.03. The molecule has 0 saturated carbocycles. The summed E-state index contributed by atoms with van der Waals surface area (Å²) in [5, 5.41) is 2.74. The Morgan fingerprint density at radius 2 is 1.91 bits per heavy atom. The number of rotatable bonds is 1. The van der Waals surface area contributed by atoms with E-state index in [1.165, 1.54) is 12.1 Å². The average molecular weight is 155 g/mol. The van der Waals surface area contributed by atoms with Crippen LogP contribution in [0.4, 0.5) is 21.5 Å². The van der Waals surface area contributed by atoms with Crippen molar-refractivity contribution in [1.29, 1.82) is 0 Å². The maximum Gasteiger partial charge on any atom is 0.148 e. The Balaban J connectivity index is 3.21. The minimum Gasteiger partial charge on any atom is -0.397 e. The van der Waals surface area contributed by atoms with Crippen molar-refractivity contribution in [2.45, 2.75) is 0 Å². The van der Waals surface area contributed by atoms with Gasteiger partial charge in [-0.1, -0.05) is 0 Å². The molecular weight excluding hydrogens is 145 g/mol. The minimum atomic E-state index is -0.455. The fraction of sp³-hybridized carbons (Fsp3) is 0.143. The van der Waals surface area contributed by atoms with Crippen molar-refractivity contribution < 1.29 is 4.39 Å². The highest BCUT2D eigenvalue weighted by atomic mass is 19.1. The van der Waals surface area contributed by atoms with Crippen molar-refractivity contribution in [3.8, 4) is 0 Å². The fourth-order valence-corrected chi connectivity index (χ4v) is 0.824. The Hall–Kier alpha value is -1.45. The van der Waals surface area contributed by atoms with Gasteiger partial charge in [0.25, 0.3) is 0 Å². The van der Waals surface area contributed by atoms with E-state index < -0.39 is 5.82 Å². The summed E-state index contributed by atoms with van der Waals surface area (Å²) >= 11 is 0. The first kappa shape index (κ1) is 7.65. The Bertz CT molecular complexity index is 273. The van der Waals surface area contributed by atoms with Crippen molar-refractivity contribution in [3.63, 3.8) is 0 Å². The second-order valence-electron chi connectivity index (χ2n) is 2.21. The summed E-state index contributed by atoms with van der Waals surface area (Å²) in [4.78, 5) is 0. The molecule has 0 saturated heterocycles. The number of hydrogen-bond donors (Lipinski definition) is 3. The molecule has 1 aromatic carbocycles. The van der Waals surface area contributed by atoms with Gasteiger partial charge in [-0.3, -0.25) is 0 Å². The molecule has 3 nitrogen and oxygen atoms in total. The van der Waals surface area contributed by atoms with Crippen LogP contribution >= 0.6 is 0 Å². The predicted molar refractivity (Wildman–Crippen MR) is 44.8 cm³/mol. The first-order chi connectivity index (χ1) is 5.15. The molecule has 0 aliphatic heterocycles. The quantitative estimate of drug-likeness (QED) is 0.531. The molecule has 60 valence electrons. The Kier molecular flexibility index (Phi) is 1.85. The highest BCUT2D eigenvalue weighted by Crippen LogP contribution is 2.23. The summed E-state index contributed by atoms with van der Waals surface area (Å²) in [5.41, 5.74) is 11.8. The first-order valence-electron chi connectivity index (χ1n) is 3.17. The first-order valence-corrected chi connectivity index (χ1v) is 3.17. The number of anilines is 3. The zero-order valence-corrected chi connectivity index (χ0v) is 6.19. The smallest absolute Gasteiger partial charge is 0.148 e. The summed E-state index contributed by atoms with van der Waals surface area (Å²) in [6.07, 6.45) is 0. The van der Waals surface area contributed by atoms with Crippen LogP contribution in [-0.2, 0) is 0 Å². The van der Waals surface area contributed by atoms with Crippen molar-refractivity contribution in [1.82, 2.24) is 0 Å². The molecule has 0 atom stereocenters. The second kappa shape index (κ2) is 2.65. The summed E-state index contributed by atoms with van der Waals surface area (Å²) < 4.78 is 12.7. The lowest BCUT2D eigenvalue weighted by molar-refractivity contribution is 0.633. The summed E-state index contributed by atoms with van der Waals surface area (Å²) in [5.74, 6) is -0.455. The molecule has 0 unspecified atom stereocenters. The minimum absolute atomic E-state index is 0.0708. The molecule has 0 aromatic heterocycles. The molecule has 0 heterocycles. The van der Waals surface area contributed by atoms with E-state index in [1.54, 1.807) is 7.05 Å². The molecule has 0 spiro atoms. The monoisotopic (exact) mass is 155 g/mol. The topological polar surface area (TPSA) is 64.1 Å². The van der Waals surface area contributed by atoms with Gasteiger partial charge >= 0.3 is 0 Å². The van der Waals surface area contributed by atoms with Crippen LogP contribution in [0.5, 0.6) is 0 Å². The van der Waals surface area contributed by atoms with Gasteiger partial charge in [-0.15, -0.1) is 0 Å². The lowest BCUT2D eigenvalue weighted by Crippen LogP contribution is -1.99. The molecule has 0 aliphatic rings. The zero-order valence-electron chi connectivity index (χ0n) is 6.19. The van der Waals surface area contributed by atoms with Gasteiger partial charge in [0.15, 0.2) is 0 Å². The van der Waals surface area contributed by atoms with E-state index in [-0.39, 0.29) is 5.69 Å². The molecule has 1 aromatic rings. The van der Waals surface area contributed by atoms with Crippen molar-refractivity contribution >= 4 is 17.1 Å². The van der Waals surface area contributed by atoms with Gasteiger partial charge in [-0.25, -0.2) is 4.39 Å². The molecular formula is C7H10FN3. The van der Waals surface area contributed by atoms with Gasteiger partial charge in [0.05, 0.1) is 17.1 Å².